The Morgan fingerprint density at radius 2 is 2.33 bits per heavy atom. The number of morpholine rings is 1. The summed E-state index contributed by atoms with van der Waals surface area (Å²) in [5, 5.41) is 3.16. The number of hydrogen-bond acceptors (Lipinski definition) is 5. The van der Waals surface area contributed by atoms with E-state index in [-0.39, 0.29) is 0 Å². The quantitative estimate of drug-likeness (QED) is 0.752. The highest BCUT2D eigenvalue weighted by molar-refractivity contribution is 5.31. The van der Waals surface area contributed by atoms with Crippen LogP contribution in [0.4, 0.5) is 5.95 Å². The summed E-state index contributed by atoms with van der Waals surface area (Å²) in [7, 11) is 1.94. The van der Waals surface area contributed by atoms with Gasteiger partial charge in [0.15, 0.2) is 0 Å². The second kappa shape index (κ2) is 5.04. The summed E-state index contributed by atoms with van der Waals surface area (Å²) < 4.78 is 5.45. The minimum Gasteiger partial charge on any atom is -0.377 e. The predicted molar refractivity (Wildman–Crippen MR) is 57.9 cm³/mol. The van der Waals surface area contributed by atoms with Crippen LogP contribution in [0, 0.1) is 0 Å². The van der Waals surface area contributed by atoms with Crippen molar-refractivity contribution in [1.29, 1.82) is 0 Å². The van der Waals surface area contributed by atoms with Crippen LogP contribution in [0.3, 0.4) is 0 Å². The fourth-order valence-electron chi connectivity index (χ4n) is 1.76. The van der Waals surface area contributed by atoms with Crippen molar-refractivity contribution in [2.75, 3.05) is 38.3 Å². The first-order chi connectivity index (χ1) is 7.42. The van der Waals surface area contributed by atoms with Gasteiger partial charge in [0, 0.05) is 25.5 Å². The zero-order valence-corrected chi connectivity index (χ0v) is 8.89. The minimum atomic E-state index is 0.325. The average molecular weight is 208 g/mol. The van der Waals surface area contributed by atoms with Crippen molar-refractivity contribution in [3.05, 3.63) is 18.5 Å². The summed E-state index contributed by atoms with van der Waals surface area (Å²) in [6.45, 7) is 3.23. The lowest BCUT2D eigenvalue weighted by Crippen LogP contribution is -2.50. The van der Waals surface area contributed by atoms with Crippen LogP contribution in [-0.2, 0) is 4.74 Å². The Labute approximate surface area is 89.5 Å². The molecule has 2 rings (SSSR count). The molecule has 5 nitrogen and oxygen atoms in total. The first-order valence-corrected chi connectivity index (χ1v) is 5.18. The predicted octanol–water partition coefficient (Wildman–Crippen LogP) is -0.0988. The van der Waals surface area contributed by atoms with E-state index in [1.807, 2.05) is 13.1 Å². The lowest BCUT2D eigenvalue weighted by atomic mass is 10.2. The number of anilines is 1. The van der Waals surface area contributed by atoms with E-state index in [0.717, 1.165) is 32.3 Å². The van der Waals surface area contributed by atoms with Crippen LogP contribution < -0.4 is 10.2 Å². The van der Waals surface area contributed by atoms with Crippen LogP contribution >= 0.6 is 0 Å². The second-order valence-electron chi connectivity index (χ2n) is 3.53. The Morgan fingerprint density at radius 1 is 1.53 bits per heavy atom. The molecule has 0 spiro atoms. The van der Waals surface area contributed by atoms with Gasteiger partial charge in [0.05, 0.1) is 19.3 Å². The van der Waals surface area contributed by atoms with Crippen LogP contribution in [-0.4, -0.2) is 49.4 Å². The summed E-state index contributed by atoms with van der Waals surface area (Å²) in [5.74, 6) is 0.793. The second-order valence-corrected chi connectivity index (χ2v) is 3.53. The molecule has 0 saturated carbocycles. The van der Waals surface area contributed by atoms with Crippen molar-refractivity contribution >= 4 is 5.95 Å². The molecule has 1 aliphatic rings. The van der Waals surface area contributed by atoms with E-state index in [1.165, 1.54) is 0 Å². The Kier molecular flexibility index (Phi) is 3.47. The van der Waals surface area contributed by atoms with E-state index < -0.39 is 0 Å². The largest absolute Gasteiger partial charge is 0.377 e. The van der Waals surface area contributed by atoms with Crippen LogP contribution in [0.15, 0.2) is 18.5 Å². The Balaban J connectivity index is 2.11. The molecule has 1 fully saturated rings. The summed E-state index contributed by atoms with van der Waals surface area (Å²) >= 11 is 0. The third-order valence-electron chi connectivity index (χ3n) is 2.48. The van der Waals surface area contributed by atoms with E-state index in [9.17, 15) is 0 Å². The van der Waals surface area contributed by atoms with Crippen LogP contribution in [0.1, 0.15) is 0 Å². The molecule has 5 heteroatoms. The molecule has 1 aromatic rings. The molecule has 0 amide bonds. The highest BCUT2D eigenvalue weighted by atomic mass is 16.5. The topological polar surface area (TPSA) is 50.3 Å². The maximum Gasteiger partial charge on any atom is 0.225 e. The molecule has 1 N–H and O–H groups in total. The smallest absolute Gasteiger partial charge is 0.225 e. The van der Waals surface area contributed by atoms with Crippen molar-refractivity contribution in [2.24, 2.45) is 0 Å². The van der Waals surface area contributed by atoms with Crippen LogP contribution in [0.5, 0.6) is 0 Å². The standard InChI is InChI=1S/C10H16N4O/c1-11-7-9-8-15-6-5-14(9)10-12-3-2-4-13-10/h2-4,9,11H,5-8H2,1H3. The summed E-state index contributed by atoms with van der Waals surface area (Å²) in [6.07, 6.45) is 3.54. The SMILES string of the molecule is CNCC1COCCN1c1ncccn1. The van der Waals surface area contributed by atoms with Gasteiger partial charge in [-0.25, -0.2) is 9.97 Å². The maximum atomic E-state index is 5.45. The highest BCUT2D eigenvalue weighted by Crippen LogP contribution is 2.13. The normalized spacial score (nSPS) is 21.7. The number of nitrogens with zero attached hydrogens (tertiary/aromatic N) is 3. The fraction of sp³-hybridized carbons (Fsp3) is 0.600. The van der Waals surface area contributed by atoms with Crippen molar-refractivity contribution in [1.82, 2.24) is 15.3 Å². The van der Waals surface area contributed by atoms with Gasteiger partial charge in [0.2, 0.25) is 5.95 Å². The zero-order chi connectivity index (χ0) is 10.5. The number of aromatic nitrogens is 2. The van der Waals surface area contributed by atoms with Gasteiger partial charge in [-0.2, -0.15) is 0 Å². The maximum absolute atomic E-state index is 5.45. The lowest BCUT2D eigenvalue weighted by Gasteiger charge is -2.35. The number of rotatable bonds is 3. The van der Waals surface area contributed by atoms with Crippen LogP contribution in [0.2, 0.25) is 0 Å². The van der Waals surface area contributed by atoms with Gasteiger partial charge < -0.3 is 15.0 Å². The zero-order valence-electron chi connectivity index (χ0n) is 8.89. The third kappa shape index (κ3) is 2.43. The minimum absolute atomic E-state index is 0.325. The van der Waals surface area contributed by atoms with Crippen molar-refractivity contribution in [3.63, 3.8) is 0 Å². The molecule has 1 aromatic heterocycles. The summed E-state index contributed by atoms with van der Waals surface area (Å²) in [5.41, 5.74) is 0. The number of nitrogens with one attached hydrogen (secondary N) is 1. The molecule has 82 valence electrons. The molecule has 0 aliphatic carbocycles. The Morgan fingerprint density at radius 3 is 3.07 bits per heavy atom. The van der Waals surface area contributed by atoms with E-state index in [4.69, 9.17) is 4.74 Å². The molecule has 2 heterocycles. The number of ether oxygens (including phenoxy) is 1. The first-order valence-electron chi connectivity index (χ1n) is 5.18. The van der Waals surface area contributed by atoms with Crippen molar-refractivity contribution < 1.29 is 4.74 Å². The molecule has 1 unspecified atom stereocenters. The van der Waals surface area contributed by atoms with Gasteiger partial charge >= 0.3 is 0 Å². The van der Waals surface area contributed by atoms with E-state index in [2.05, 4.69) is 20.2 Å². The lowest BCUT2D eigenvalue weighted by molar-refractivity contribution is 0.0934. The molecule has 15 heavy (non-hydrogen) atoms. The van der Waals surface area contributed by atoms with Gasteiger partial charge in [-0.1, -0.05) is 0 Å². The van der Waals surface area contributed by atoms with Crippen molar-refractivity contribution in [3.8, 4) is 0 Å². The molecular formula is C10H16N4O. The fourth-order valence-corrected chi connectivity index (χ4v) is 1.76. The van der Waals surface area contributed by atoms with E-state index in [1.54, 1.807) is 12.4 Å². The molecule has 0 radical (unpaired) electrons. The molecule has 1 aliphatic heterocycles. The number of hydrogen-bond donors (Lipinski definition) is 1. The van der Waals surface area contributed by atoms with E-state index >= 15 is 0 Å². The Bertz CT molecular complexity index is 291. The average Bonchev–Trinajstić information content (AvgIpc) is 2.31. The molecular weight excluding hydrogens is 192 g/mol. The monoisotopic (exact) mass is 208 g/mol. The van der Waals surface area contributed by atoms with Gasteiger partial charge in [0.25, 0.3) is 0 Å². The van der Waals surface area contributed by atoms with Crippen molar-refractivity contribution in [2.45, 2.75) is 6.04 Å². The van der Waals surface area contributed by atoms with Gasteiger partial charge in [-0.3, -0.25) is 0 Å². The van der Waals surface area contributed by atoms with Crippen LogP contribution in [0.25, 0.3) is 0 Å². The first kappa shape index (κ1) is 10.3. The molecule has 0 aromatic carbocycles. The Hall–Kier alpha value is -1.20. The summed E-state index contributed by atoms with van der Waals surface area (Å²) in [6, 6.07) is 2.16. The summed E-state index contributed by atoms with van der Waals surface area (Å²) in [4.78, 5) is 10.7. The molecule has 1 saturated heterocycles. The van der Waals surface area contributed by atoms with E-state index in [0.29, 0.717) is 6.04 Å². The van der Waals surface area contributed by atoms with Gasteiger partial charge in [-0.05, 0) is 13.1 Å². The third-order valence-corrected chi connectivity index (χ3v) is 2.48. The van der Waals surface area contributed by atoms with Gasteiger partial charge in [0.1, 0.15) is 0 Å². The molecule has 0 bridgehead atoms. The molecule has 1 atom stereocenters. The van der Waals surface area contributed by atoms with Gasteiger partial charge in [-0.15, -0.1) is 0 Å². The number of likely N-dealkylation sites (N-methyl/N-ethyl adjacent to an activating group) is 1. The highest BCUT2D eigenvalue weighted by Gasteiger charge is 2.23.